The number of para-hydroxylation sites is 1. The van der Waals surface area contributed by atoms with E-state index in [0.29, 0.717) is 12.5 Å². The number of alkyl halides is 1. The number of nitro benzene ring substituents is 1. The molecule has 0 fully saturated rings. The van der Waals surface area contributed by atoms with Gasteiger partial charge in [0.05, 0.1) is 10.8 Å². The SMILES string of the molecule is Cc1cccc(CCl)c1OCc1ccc([N+](=O)[O-])cc1. The third-order valence-corrected chi connectivity index (χ3v) is 3.26. The summed E-state index contributed by atoms with van der Waals surface area (Å²) in [5.74, 6) is 1.16. The van der Waals surface area contributed by atoms with E-state index in [1.54, 1.807) is 12.1 Å². The Bertz CT molecular complexity index is 611. The van der Waals surface area contributed by atoms with Gasteiger partial charge in [-0.15, -0.1) is 11.6 Å². The van der Waals surface area contributed by atoms with E-state index in [1.807, 2.05) is 25.1 Å². The van der Waals surface area contributed by atoms with Crippen LogP contribution < -0.4 is 4.74 Å². The molecule has 0 atom stereocenters. The van der Waals surface area contributed by atoms with E-state index in [1.165, 1.54) is 12.1 Å². The molecule has 2 rings (SSSR count). The summed E-state index contributed by atoms with van der Waals surface area (Å²) in [7, 11) is 0. The fourth-order valence-electron chi connectivity index (χ4n) is 1.89. The van der Waals surface area contributed by atoms with Gasteiger partial charge >= 0.3 is 0 Å². The summed E-state index contributed by atoms with van der Waals surface area (Å²) in [6.45, 7) is 2.31. The van der Waals surface area contributed by atoms with Crippen molar-refractivity contribution < 1.29 is 9.66 Å². The molecule has 5 heteroatoms. The van der Waals surface area contributed by atoms with Gasteiger partial charge in [0.25, 0.3) is 5.69 Å². The maximum atomic E-state index is 10.6. The highest BCUT2D eigenvalue weighted by molar-refractivity contribution is 6.17. The van der Waals surface area contributed by atoms with Gasteiger partial charge in [-0.05, 0) is 30.2 Å². The van der Waals surface area contributed by atoms with Crippen LogP contribution in [0.2, 0.25) is 0 Å². The van der Waals surface area contributed by atoms with E-state index in [9.17, 15) is 10.1 Å². The average Bonchev–Trinajstić information content (AvgIpc) is 2.46. The van der Waals surface area contributed by atoms with Gasteiger partial charge in [0, 0.05) is 17.7 Å². The van der Waals surface area contributed by atoms with Crippen molar-refractivity contribution in [2.45, 2.75) is 19.4 Å². The number of benzene rings is 2. The van der Waals surface area contributed by atoms with Crippen molar-refractivity contribution in [1.29, 1.82) is 0 Å². The molecule has 0 unspecified atom stereocenters. The van der Waals surface area contributed by atoms with Crippen molar-refractivity contribution in [1.82, 2.24) is 0 Å². The summed E-state index contributed by atoms with van der Waals surface area (Å²) in [6.07, 6.45) is 0. The Kier molecular flexibility index (Phi) is 4.58. The molecule has 0 heterocycles. The molecule has 0 bridgehead atoms. The monoisotopic (exact) mass is 291 g/mol. The molecule has 0 aliphatic heterocycles. The highest BCUT2D eigenvalue weighted by Gasteiger charge is 2.08. The summed E-state index contributed by atoms with van der Waals surface area (Å²) in [5.41, 5.74) is 2.91. The molecule has 0 amide bonds. The number of rotatable bonds is 5. The molecule has 20 heavy (non-hydrogen) atoms. The van der Waals surface area contributed by atoms with Crippen LogP contribution in [0.15, 0.2) is 42.5 Å². The molecular weight excluding hydrogens is 278 g/mol. The number of non-ortho nitro benzene ring substituents is 1. The minimum absolute atomic E-state index is 0.0751. The van der Waals surface area contributed by atoms with Crippen molar-refractivity contribution >= 4 is 17.3 Å². The zero-order chi connectivity index (χ0) is 14.5. The number of aryl methyl sites for hydroxylation is 1. The lowest BCUT2D eigenvalue weighted by Crippen LogP contribution is -2.00. The summed E-state index contributed by atoms with van der Waals surface area (Å²) >= 11 is 5.89. The highest BCUT2D eigenvalue weighted by atomic mass is 35.5. The number of ether oxygens (including phenoxy) is 1. The molecule has 0 radical (unpaired) electrons. The van der Waals surface area contributed by atoms with Crippen LogP contribution in [0, 0.1) is 17.0 Å². The number of hydrogen-bond donors (Lipinski definition) is 0. The Morgan fingerprint density at radius 1 is 1.20 bits per heavy atom. The molecule has 0 aliphatic rings. The number of halogens is 1. The van der Waals surface area contributed by atoms with Gasteiger partial charge in [0.1, 0.15) is 12.4 Å². The Hall–Kier alpha value is -2.07. The minimum atomic E-state index is -0.419. The van der Waals surface area contributed by atoms with Gasteiger partial charge in [-0.2, -0.15) is 0 Å². The highest BCUT2D eigenvalue weighted by Crippen LogP contribution is 2.26. The third-order valence-electron chi connectivity index (χ3n) is 2.97. The second kappa shape index (κ2) is 6.39. The summed E-state index contributed by atoms with van der Waals surface area (Å²) in [5, 5.41) is 10.6. The van der Waals surface area contributed by atoms with Crippen molar-refractivity contribution in [3.63, 3.8) is 0 Å². The number of nitrogens with zero attached hydrogens (tertiary/aromatic N) is 1. The van der Waals surface area contributed by atoms with Crippen LogP contribution in [0.1, 0.15) is 16.7 Å². The molecule has 2 aromatic carbocycles. The van der Waals surface area contributed by atoms with Crippen molar-refractivity contribution in [3.8, 4) is 5.75 Å². The first-order valence-electron chi connectivity index (χ1n) is 6.12. The van der Waals surface area contributed by atoms with Gasteiger partial charge in [0.15, 0.2) is 0 Å². The fourth-order valence-corrected chi connectivity index (χ4v) is 2.10. The van der Waals surface area contributed by atoms with Crippen LogP contribution in [-0.2, 0) is 12.5 Å². The van der Waals surface area contributed by atoms with Gasteiger partial charge in [-0.1, -0.05) is 18.2 Å². The lowest BCUT2D eigenvalue weighted by molar-refractivity contribution is -0.384. The zero-order valence-electron chi connectivity index (χ0n) is 11.0. The maximum Gasteiger partial charge on any atom is 0.269 e. The smallest absolute Gasteiger partial charge is 0.269 e. The van der Waals surface area contributed by atoms with Crippen molar-refractivity contribution in [2.75, 3.05) is 0 Å². The molecule has 0 aromatic heterocycles. The van der Waals surface area contributed by atoms with E-state index in [-0.39, 0.29) is 5.69 Å². The van der Waals surface area contributed by atoms with Gasteiger partial charge in [0.2, 0.25) is 0 Å². The average molecular weight is 292 g/mol. The molecular formula is C15H14ClNO3. The lowest BCUT2D eigenvalue weighted by atomic mass is 10.1. The predicted octanol–water partition coefficient (Wildman–Crippen LogP) is 4.22. The second-order valence-electron chi connectivity index (χ2n) is 4.41. The minimum Gasteiger partial charge on any atom is -0.488 e. The largest absolute Gasteiger partial charge is 0.488 e. The third kappa shape index (κ3) is 3.27. The first-order valence-corrected chi connectivity index (χ1v) is 6.66. The molecule has 4 nitrogen and oxygen atoms in total. The van der Waals surface area contributed by atoms with E-state index >= 15 is 0 Å². The molecule has 104 valence electrons. The maximum absolute atomic E-state index is 10.6. The zero-order valence-corrected chi connectivity index (χ0v) is 11.8. The van der Waals surface area contributed by atoms with Crippen LogP contribution >= 0.6 is 11.6 Å². The first-order chi connectivity index (χ1) is 9.61. The number of nitro groups is 1. The van der Waals surface area contributed by atoms with Crippen LogP contribution in [0.5, 0.6) is 5.75 Å². The van der Waals surface area contributed by atoms with Crippen molar-refractivity contribution in [3.05, 3.63) is 69.3 Å². The van der Waals surface area contributed by atoms with Crippen molar-refractivity contribution in [2.24, 2.45) is 0 Å². The van der Waals surface area contributed by atoms with E-state index in [2.05, 4.69) is 0 Å². The normalized spacial score (nSPS) is 10.3. The van der Waals surface area contributed by atoms with E-state index < -0.39 is 4.92 Å². The van der Waals surface area contributed by atoms with Gasteiger partial charge in [-0.25, -0.2) is 0 Å². The Balaban J connectivity index is 2.11. The molecule has 0 saturated carbocycles. The lowest BCUT2D eigenvalue weighted by Gasteiger charge is -2.12. The quantitative estimate of drug-likeness (QED) is 0.471. The molecule has 2 aromatic rings. The van der Waals surface area contributed by atoms with E-state index in [4.69, 9.17) is 16.3 Å². The second-order valence-corrected chi connectivity index (χ2v) is 4.68. The summed E-state index contributed by atoms with van der Waals surface area (Å²) < 4.78 is 5.79. The predicted molar refractivity (Wildman–Crippen MR) is 78.2 cm³/mol. The number of hydrogen-bond acceptors (Lipinski definition) is 3. The van der Waals surface area contributed by atoms with Gasteiger partial charge < -0.3 is 4.74 Å². The Labute approximate surface area is 122 Å². The Morgan fingerprint density at radius 2 is 1.90 bits per heavy atom. The topological polar surface area (TPSA) is 52.4 Å². The van der Waals surface area contributed by atoms with Crippen LogP contribution in [0.3, 0.4) is 0 Å². The molecule has 0 N–H and O–H groups in total. The molecule has 0 saturated heterocycles. The Morgan fingerprint density at radius 3 is 2.50 bits per heavy atom. The summed E-state index contributed by atoms with van der Waals surface area (Å²) in [6, 6.07) is 12.1. The van der Waals surface area contributed by atoms with Crippen LogP contribution in [-0.4, -0.2) is 4.92 Å². The first kappa shape index (κ1) is 14.3. The van der Waals surface area contributed by atoms with Crippen LogP contribution in [0.4, 0.5) is 5.69 Å². The standard InChI is InChI=1S/C15H14ClNO3/c1-11-3-2-4-13(9-16)15(11)20-10-12-5-7-14(8-6-12)17(18)19/h2-8H,9-10H2,1H3. The van der Waals surface area contributed by atoms with Crippen LogP contribution in [0.25, 0.3) is 0 Å². The fraction of sp³-hybridized carbons (Fsp3) is 0.200. The van der Waals surface area contributed by atoms with Gasteiger partial charge in [-0.3, -0.25) is 10.1 Å². The molecule has 0 aliphatic carbocycles. The summed E-state index contributed by atoms with van der Waals surface area (Å²) in [4.78, 5) is 10.2. The molecule has 0 spiro atoms. The van der Waals surface area contributed by atoms with E-state index in [0.717, 1.165) is 22.4 Å².